The van der Waals surface area contributed by atoms with Gasteiger partial charge in [0.05, 0.1) is 27.3 Å². The number of aromatic nitrogens is 4. The van der Waals surface area contributed by atoms with Crippen LogP contribution in [-0.2, 0) is 12.8 Å². The lowest BCUT2D eigenvalue weighted by molar-refractivity contribution is 0.623. The Labute approximate surface area is 342 Å². The molecular weight excluding hydrogens is 739 g/mol. The van der Waals surface area contributed by atoms with Crippen molar-refractivity contribution in [1.82, 2.24) is 19.5 Å². The van der Waals surface area contributed by atoms with Gasteiger partial charge in [-0.2, -0.15) is 0 Å². The minimum absolute atomic E-state index is 0.520. The van der Waals surface area contributed by atoms with E-state index in [1.165, 1.54) is 42.4 Å². The number of aliphatic imine (C=N–C) groups is 1. The lowest BCUT2D eigenvalue weighted by atomic mass is 9.92. The molecule has 286 valence electrons. The van der Waals surface area contributed by atoms with Crippen LogP contribution in [0.25, 0.3) is 54.1 Å². The molecule has 9 rings (SSSR count). The summed E-state index contributed by atoms with van der Waals surface area (Å²) < 4.78 is 32.8. The number of benzene rings is 5. The van der Waals surface area contributed by atoms with E-state index in [0.717, 1.165) is 78.8 Å². The fourth-order valence-electron chi connectivity index (χ4n) is 9.08. The molecule has 58 heavy (non-hydrogen) atoms. The molecule has 0 aliphatic carbocycles. The Kier molecular flexibility index (Phi) is 9.49. The zero-order valence-corrected chi connectivity index (χ0v) is 34.6. The Balaban J connectivity index is 1.06. The van der Waals surface area contributed by atoms with Gasteiger partial charge in [-0.15, -0.1) is 16.4 Å². The van der Waals surface area contributed by atoms with Gasteiger partial charge in [0.2, 0.25) is 0 Å². The second-order valence-corrected chi connectivity index (χ2v) is 16.1. The van der Waals surface area contributed by atoms with Gasteiger partial charge in [-0.25, -0.2) is 4.68 Å². The first-order chi connectivity index (χ1) is 28.1. The first-order valence-electron chi connectivity index (χ1n) is 19.9. The first-order valence-corrected chi connectivity index (χ1v) is 20.8. The van der Waals surface area contributed by atoms with E-state index in [2.05, 4.69) is 104 Å². The molecular formula is C49H42BF2N5S. The summed E-state index contributed by atoms with van der Waals surface area (Å²) in [5, 5.41) is 16.6. The van der Waals surface area contributed by atoms with E-state index in [1.807, 2.05) is 51.2 Å². The highest BCUT2D eigenvalue weighted by molar-refractivity contribution is 7.16. The van der Waals surface area contributed by atoms with Crippen molar-refractivity contribution in [3.8, 4) is 28.1 Å². The van der Waals surface area contributed by atoms with Crippen LogP contribution in [0.1, 0.15) is 85.1 Å². The molecule has 8 aromatic rings. The topological polar surface area (TPSA) is 48.0 Å². The smallest absolute Gasteiger partial charge is 0.329 e. The van der Waals surface area contributed by atoms with Gasteiger partial charge < -0.3 is 4.48 Å². The zero-order valence-electron chi connectivity index (χ0n) is 33.8. The maximum Gasteiger partial charge on any atom is 0.677 e. The Bertz CT molecular complexity index is 3080. The molecule has 0 atom stereocenters. The van der Waals surface area contributed by atoms with Crippen molar-refractivity contribution in [3.05, 3.63) is 152 Å². The normalized spacial score (nSPS) is 13.9. The lowest BCUT2D eigenvalue weighted by Crippen LogP contribution is -2.18. The monoisotopic (exact) mass is 781 g/mol. The molecule has 0 saturated carbocycles. The Hall–Kier alpha value is -6.11. The fourth-order valence-corrected chi connectivity index (χ4v) is 10.1. The van der Waals surface area contributed by atoms with Crippen LogP contribution in [0.4, 0.5) is 8.63 Å². The summed E-state index contributed by atoms with van der Waals surface area (Å²) in [6.45, 7) is 14.1. The van der Waals surface area contributed by atoms with Crippen LogP contribution in [0.2, 0.25) is 0 Å². The van der Waals surface area contributed by atoms with Crippen molar-refractivity contribution in [2.45, 2.75) is 67.7 Å². The van der Waals surface area contributed by atoms with Crippen LogP contribution < -0.4 is 0 Å². The standard InChI is InChI=1S/C49H42BF2N5S/c1-8-32-26-39(24-20-33-14-15-36-17-16-34-12-11-13-35-21-25-42(33)45(36)44(34)35)58-49(32)43-27-56(55-54-43)38-22-18-37(19-23-38)46(47-28(4)40(9-2)30(6)53-47)48-29(5)41(10-3)31(7)57(48)50(51)52/h11-19,21-23,25-27H,8-10H2,1-7H3/b47-46-. The van der Waals surface area contributed by atoms with Crippen LogP contribution >= 0.6 is 11.3 Å². The van der Waals surface area contributed by atoms with E-state index in [-0.39, 0.29) is 0 Å². The fraction of sp³-hybridized carbons (Fsp3) is 0.204. The molecule has 5 nitrogen and oxygen atoms in total. The van der Waals surface area contributed by atoms with Crippen LogP contribution in [0, 0.1) is 25.7 Å². The third-order valence-electron chi connectivity index (χ3n) is 11.9. The average Bonchev–Trinajstić information content (AvgIpc) is 4.00. The number of nitrogens with zero attached hydrogens (tertiary/aromatic N) is 5. The minimum atomic E-state index is -2.69. The van der Waals surface area contributed by atoms with Gasteiger partial charge in [-0.1, -0.05) is 98.5 Å². The molecule has 5 aromatic carbocycles. The molecule has 0 radical (unpaired) electrons. The van der Waals surface area contributed by atoms with Gasteiger partial charge in [0, 0.05) is 28.2 Å². The molecule has 3 aromatic heterocycles. The Morgan fingerprint density at radius 3 is 2.17 bits per heavy atom. The summed E-state index contributed by atoms with van der Waals surface area (Å²) in [4.78, 5) is 7.03. The van der Waals surface area contributed by atoms with Gasteiger partial charge in [0.15, 0.2) is 0 Å². The van der Waals surface area contributed by atoms with Crippen LogP contribution in [0.15, 0.2) is 113 Å². The number of thiophene rings is 1. The maximum absolute atomic E-state index is 14.9. The van der Waals surface area contributed by atoms with E-state index in [9.17, 15) is 8.63 Å². The molecule has 0 saturated heterocycles. The first kappa shape index (κ1) is 37.5. The number of hydrogen-bond donors (Lipinski definition) is 0. The third kappa shape index (κ3) is 6.01. The van der Waals surface area contributed by atoms with Crippen molar-refractivity contribution in [2.75, 3.05) is 0 Å². The highest BCUT2D eigenvalue weighted by Gasteiger charge is 2.32. The van der Waals surface area contributed by atoms with Crippen molar-refractivity contribution in [2.24, 2.45) is 4.99 Å². The summed E-state index contributed by atoms with van der Waals surface area (Å²) in [5.41, 5.74) is 12.1. The van der Waals surface area contributed by atoms with Gasteiger partial charge in [0.1, 0.15) is 5.69 Å². The average molecular weight is 782 g/mol. The summed E-state index contributed by atoms with van der Waals surface area (Å²) in [7, 11) is -2.69. The number of aryl methyl sites for hydroxylation is 1. The van der Waals surface area contributed by atoms with Crippen molar-refractivity contribution < 1.29 is 8.63 Å². The zero-order chi connectivity index (χ0) is 40.4. The minimum Gasteiger partial charge on any atom is -0.329 e. The molecule has 0 N–H and O–H groups in total. The number of allylic oxidation sites excluding steroid dienone is 2. The van der Waals surface area contributed by atoms with Gasteiger partial charge >= 0.3 is 7.40 Å². The van der Waals surface area contributed by atoms with Gasteiger partial charge in [-0.05, 0) is 137 Å². The van der Waals surface area contributed by atoms with Crippen molar-refractivity contribution in [3.63, 3.8) is 0 Å². The molecule has 4 heterocycles. The molecule has 0 bridgehead atoms. The van der Waals surface area contributed by atoms with E-state index in [0.29, 0.717) is 23.4 Å². The number of rotatable bonds is 8. The highest BCUT2D eigenvalue weighted by atomic mass is 32.1. The largest absolute Gasteiger partial charge is 0.677 e. The SMILES string of the molecule is CCC1=C(C)/C(=C(\c2ccc(-n3cc(-c4sc(C#Cc5ccc6ccc7cccc8ccc5c6c78)cc4CC)nn3)cc2)c2c(C)c(CC)c(C)n2B(F)F)N=C1C. The maximum atomic E-state index is 14.9. The van der Waals surface area contributed by atoms with Crippen LogP contribution in [0.3, 0.4) is 0 Å². The summed E-state index contributed by atoms with van der Waals surface area (Å²) >= 11 is 1.63. The second kappa shape index (κ2) is 14.7. The summed E-state index contributed by atoms with van der Waals surface area (Å²) in [5.74, 6) is 6.98. The Morgan fingerprint density at radius 2 is 1.50 bits per heavy atom. The third-order valence-corrected chi connectivity index (χ3v) is 13.0. The molecule has 0 fully saturated rings. The summed E-state index contributed by atoms with van der Waals surface area (Å²) in [6.07, 6.45) is 4.27. The number of halogens is 2. The summed E-state index contributed by atoms with van der Waals surface area (Å²) in [6, 6.07) is 29.6. The molecule has 0 spiro atoms. The number of hydrogen-bond acceptors (Lipinski definition) is 4. The quantitative estimate of drug-likeness (QED) is 0.0876. The predicted molar refractivity (Wildman–Crippen MR) is 239 cm³/mol. The van der Waals surface area contributed by atoms with Crippen LogP contribution in [0.5, 0.6) is 0 Å². The van der Waals surface area contributed by atoms with Crippen LogP contribution in [-0.4, -0.2) is 32.6 Å². The van der Waals surface area contributed by atoms with E-state index in [1.54, 1.807) is 22.9 Å². The Morgan fingerprint density at radius 1 is 0.793 bits per heavy atom. The van der Waals surface area contributed by atoms with Crippen molar-refractivity contribution >= 4 is 62.3 Å². The molecule has 1 aliphatic heterocycles. The molecule has 9 heteroatoms. The van der Waals surface area contributed by atoms with Gasteiger partial charge in [-0.3, -0.25) is 13.6 Å². The van der Waals surface area contributed by atoms with E-state index < -0.39 is 7.40 Å². The lowest BCUT2D eigenvalue weighted by Gasteiger charge is -2.17. The molecule has 1 aliphatic rings. The second-order valence-electron chi connectivity index (χ2n) is 15.0. The predicted octanol–water partition coefficient (Wildman–Crippen LogP) is 12.6. The van der Waals surface area contributed by atoms with Gasteiger partial charge in [0.25, 0.3) is 0 Å². The molecule has 0 amide bonds. The van der Waals surface area contributed by atoms with E-state index in [4.69, 9.17) is 4.99 Å². The molecule has 0 unspecified atom stereocenters. The highest BCUT2D eigenvalue weighted by Crippen LogP contribution is 2.41. The van der Waals surface area contributed by atoms with Crippen molar-refractivity contribution in [1.29, 1.82) is 0 Å². The van der Waals surface area contributed by atoms with E-state index >= 15 is 0 Å².